The topological polar surface area (TPSA) is 77.8 Å². The number of aryl methyl sites for hydroxylation is 1. The number of fused-ring (bicyclic) bond motifs is 1. The Balaban J connectivity index is 2.92. The molecule has 5 heteroatoms. The molecule has 0 aromatic carbocycles. The largest absolute Gasteiger partial charge is 0.383 e. The van der Waals surface area contributed by atoms with Gasteiger partial charge in [0.1, 0.15) is 16.2 Å². The number of nitrogens with zero attached hydrogens (tertiary/aromatic N) is 2. The Kier molecular flexibility index (Phi) is 1.63. The molecule has 0 aliphatic heterocycles. The molecule has 0 atom stereocenters. The molecule has 2 aromatic heterocycles. The van der Waals surface area contributed by atoms with Crippen LogP contribution in [0.4, 0.5) is 10.9 Å². The van der Waals surface area contributed by atoms with Crippen molar-refractivity contribution in [2.45, 2.75) is 13.8 Å². The first-order valence-corrected chi connectivity index (χ1v) is 4.70. The molecule has 0 saturated heterocycles. The molecule has 0 saturated carbocycles. The maximum Gasteiger partial charge on any atom is 0.182 e. The predicted octanol–water partition coefficient (Wildman–Crippen LogP) is 1.47. The van der Waals surface area contributed by atoms with Crippen molar-refractivity contribution in [3.05, 3.63) is 11.1 Å². The van der Waals surface area contributed by atoms with E-state index in [9.17, 15) is 0 Å². The van der Waals surface area contributed by atoms with E-state index in [0.717, 1.165) is 21.5 Å². The lowest BCUT2D eigenvalue weighted by molar-refractivity contribution is 1.28. The Morgan fingerprint density at radius 1 is 1.08 bits per heavy atom. The summed E-state index contributed by atoms with van der Waals surface area (Å²) in [5.41, 5.74) is 14.2. The molecular weight excluding hydrogens is 184 g/mol. The van der Waals surface area contributed by atoms with Crippen LogP contribution in [0.2, 0.25) is 0 Å². The molecule has 4 N–H and O–H groups in total. The summed E-state index contributed by atoms with van der Waals surface area (Å²) in [5, 5.41) is 0.538. The second-order valence-electron chi connectivity index (χ2n) is 2.95. The average molecular weight is 194 g/mol. The van der Waals surface area contributed by atoms with Crippen molar-refractivity contribution in [3.63, 3.8) is 0 Å². The molecule has 2 aromatic rings. The van der Waals surface area contributed by atoms with Gasteiger partial charge >= 0.3 is 0 Å². The highest BCUT2D eigenvalue weighted by Crippen LogP contribution is 2.28. The zero-order chi connectivity index (χ0) is 9.59. The molecule has 68 valence electrons. The third-order valence-electron chi connectivity index (χ3n) is 2.15. The van der Waals surface area contributed by atoms with Gasteiger partial charge in [0.05, 0.1) is 0 Å². The molecule has 0 aliphatic rings. The van der Waals surface area contributed by atoms with Gasteiger partial charge in [-0.15, -0.1) is 0 Å². The first-order chi connectivity index (χ1) is 6.09. The molecule has 2 rings (SSSR count). The summed E-state index contributed by atoms with van der Waals surface area (Å²) in [6, 6.07) is 0. The molecule has 4 nitrogen and oxygen atoms in total. The summed E-state index contributed by atoms with van der Waals surface area (Å²) in [4.78, 5) is 9.22. The number of anilines is 2. The van der Waals surface area contributed by atoms with E-state index in [1.54, 1.807) is 0 Å². The number of rotatable bonds is 0. The Morgan fingerprint density at radius 3 is 2.46 bits per heavy atom. The smallest absolute Gasteiger partial charge is 0.182 e. The number of pyridine rings is 1. The van der Waals surface area contributed by atoms with E-state index < -0.39 is 0 Å². The molecule has 0 radical (unpaired) electrons. The van der Waals surface area contributed by atoms with Crippen LogP contribution < -0.4 is 11.5 Å². The summed E-state index contributed by atoms with van der Waals surface area (Å²) >= 11 is 1.36. The van der Waals surface area contributed by atoms with Gasteiger partial charge in [0.25, 0.3) is 0 Å². The minimum absolute atomic E-state index is 0.538. The first-order valence-electron chi connectivity index (χ1n) is 3.88. The van der Waals surface area contributed by atoms with Crippen LogP contribution in [0.1, 0.15) is 11.1 Å². The summed E-state index contributed by atoms with van der Waals surface area (Å²) in [6.45, 7) is 3.92. The van der Waals surface area contributed by atoms with Crippen LogP contribution >= 0.6 is 11.3 Å². The fourth-order valence-corrected chi connectivity index (χ4v) is 1.99. The van der Waals surface area contributed by atoms with Gasteiger partial charge in [-0.25, -0.2) is 9.97 Å². The highest BCUT2D eigenvalue weighted by Gasteiger charge is 2.09. The van der Waals surface area contributed by atoms with Crippen molar-refractivity contribution in [3.8, 4) is 0 Å². The van der Waals surface area contributed by atoms with Crippen molar-refractivity contribution < 1.29 is 0 Å². The summed E-state index contributed by atoms with van der Waals surface area (Å²) < 4.78 is 0. The molecule has 0 unspecified atom stereocenters. The normalized spacial score (nSPS) is 10.9. The molecule has 0 amide bonds. The van der Waals surface area contributed by atoms with Gasteiger partial charge in [-0.05, 0) is 25.0 Å². The third kappa shape index (κ3) is 1.12. The number of hydrogen-bond donors (Lipinski definition) is 2. The fraction of sp³-hybridized carbons (Fsp3) is 0.250. The van der Waals surface area contributed by atoms with Gasteiger partial charge < -0.3 is 11.5 Å². The maximum atomic E-state index is 5.72. The van der Waals surface area contributed by atoms with Gasteiger partial charge in [-0.1, -0.05) is 11.3 Å². The van der Waals surface area contributed by atoms with E-state index in [4.69, 9.17) is 11.5 Å². The van der Waals surface area contributed by atoms with Gasteiger partial charge in [0.2, 0.25) is 0 Å². The quantitative estimate of drug-likeness (QED) is 0.665. The minimum Gasteiger partial charge on any atom is -0.383 e. The molecule has 0 fully saturated rings. The monoisotopic (exact) mass is 194 g/mol. The van der Waals surface area contributed by atoms with E-state index in [0.29, 0.717) is 10.9 Å². The Hall–Kier alpha value is -1.36. The van der Waals surface area contributed by atoms with E-state index >= 15 is 0 Å². The van der Waals surface area contributed by atoms with Crippen molar-refractivity contribution in [1.82, 2.24) is 9.97 Å². The number of aromatic nitrogens is 2. The molecular formula is C8H10N4S. The van der Waals surface area contributed by atoms with Crippen LogP contribution in [0.5, 0.6) is 0 Å². The van der Waals surface area contributed by atoms with Crippen LogP contribution in [-0.2, 0) is 0 Å². The van der Waals surface area contributed by atoms with Crippen molar-refractivity contribution in [2.24, 2.45) is 0 Å². The molecule has 0 bridgehead atoms. The zero-order valence-electron chi connectivity index (χ0n) is 7.46. The lowest BCUT2D eigenvalue weighted by Gasteiger charge is -2.02. The second-order valence-corrected chi connectivity index (χ2v) is 3.96. The van der Waals surface area contributed by atoms with Gasteiger partial charge in [-0.2, -0.15) is 0 Å². The lowest BCUT2D eigenvalue weighted by atomic mass is 10.1. The lowest BCUT2D eigenvalue weighted by Crippen LogP contribution is -1.96. The first kappa shape index (κ1) is 8.25. The average Bonchev–Trinajstić information content (AvgIpc) is 2.42. The van der Waals surface area contributed by atoms with Gasteiger partial charge in [0.15, 0.2) is 5.13 Å². The van der Waals surface area contributed by atoms with Crippen LogP contribution in [0.15, 0.2) is 0 Å². The highest BCUT2D eigenvalue weighted by atomic mass is 32.1. The number of nitrogen functional groups attached to an aromatic ring is 2. The molecule has 2 heterocycles. The predicted molar refractivity (Wildman–Crippen MR) is 55.7 cm³/mol. The Bertz CT molecular complexity index is 474. The third-order valence-corrected chi connectivity index (χ3v) is 2.93. The van der Waals surface area contributed by atoms with Crippen molar-refractivity contribution in [2.75, 3.05) is 11.5 Å². The standard InChI is InChI=1S/C8H10N4S/c1-3-4(2)6(9)12-7-5(3)11-8(10)13-7/h1-2H3,(H2,9,12)(H2,10,11). The van der Waals surface area contributed by atoms with E-state index in [-0.39, 0.29) is 0 Å². The molecule has 0 aliphatic carbocycles. The van der Waals surface area contributed by atoms with E-state index in [1.807, 2.05) is 13.8 Å². The molecule has 13 heavy (non-hydrogen) atoms. The zero-order valence-corrected chi connectivity index (χ0v) is 8.27. The second kappa shape index (κ2) is 2.56. The summed E-state index contributed by atoms with van der Waals surface area (Å²) in [5.74, 6) is 0.564. The maximum absolute atomic E-state index is 5.72. The van der Waals surface area contributed by atoms with Crippen molar-refractivity contribution >= 4 is 32.6 Å². The van der Waals surface area contributed by atoms with Crippen LogP contribution in [-0.4, -0.2) is 9.97 Å². The van der Waals surface area contributed by atoms with Crippen molar-refractivity contribution in [1.29, 1.82) is 0 Å². The number of hydrogen-bond acceptors (Lipinski definition) is 5. The fourth-order valence-electron chi connectivity index (χ4n) is 1.21. The van der Waals surface area contributed by atoms with E-state index in [2.05, 4.69) is 9.97 Å². The summed E-state index contributed by atoms with van der Waals surface area (Å²) in [6.07, 6.45) is 0. The Labute approximate surface area is 79.6 Å². The van der Waals surface area contributed by atoms with Crippen LogP contribution in [0, 0.1) is 13.8 Å². The highest BCUT2D eigenvalue weighted by molar-refractivity contribution is 7.21. The number of nitrogens with two attached hydrogens (primary N) is 2. The Morgan fingerprint density at radius 2 is 1.77 bits per heavy atom. The minimum atomic E-state index is 0.538. The van der Waals surface area contributed by atoms with Crippen LogP contribution in [0.25, 0.3) is 10.3 Å². The summed E-state index contributed by atoms with van der Waals surface area (Å²) in [7, 11) is 0. The number of thiazole rings is 1. The SMILES string of the molecule is Cc1c(N)nc2sc(N)nc2c1C. The van der Waals surface area contributed by atoms with Crippen LogP contribution in [0.3, 0.4) is 0 Å². The molecule has 0 spiro atoms. The van der Waals surface area contributed by atoms with Gasteiger partial charge in [-0.3, -0.25) is 0 Å². The van der Waals surface area contributed by atoms with Gasteiger partial charge in [0, 0.05) is 0 Å². The van der Waals surface area contributed by atoms with E-state index in [1.165, 1.54) is 11.3 Å².